The summed E-state index contributed by atoms with van der Waals surface area (Å²) in [6.07, 6.45) is -2.70. The van der Waals surface area contributed by atoms with Crippen LogP contribution >= 0.6 is 0 Å². The largest absolute Gasteiger partial charge is 0.491 e. The van der Waals surface area contributed by atoms with E-state index in [0.29, 0.717) is 41.7 Å². The molecule has 6 nitrogen and oxygen atoms in total. The van der Waals surface area contributed by atoms with Crippen molar-refractivity contribution >= 4 is 11.6 Å². The summed E-state index contributed by atoms with van der Waals surface area (Å²) in [4.78, 5) is 15.4. The van der Waals surface area contributed by atoms with Gasteiger partial charge in [0.25, 0.3) is 6.43 Å². The molecule has 158 valence electrons. The molecule has 3 aliphatic rings. The molecule has 1 unspecified atom stereocenters. The van der Waals surface area contributed by atoms with Crippen molar-refractivity contribution < 1.29 is 32.2 Å². The number of halogens is 2. The Labute approximate surface area is 175 Å². The Kier molecular flexibility index (Phi) is 3.81. The molecule has 3 aliphatic heterocycles. The van der Waals surface area contributed by atoms with Crippen LogP contribution in [-0.4, -0.2) is 25.7 Å². The standard InChI is InChI=1S/C23H17F2NO5/c24-21(25)17-6-5-13(31-17)11-26-16-4-2-1-3-14(16)23(22(26)27)12-30-18-10-20-19(9-15(18)23)28-7-8-29-20/h1-6,9-10,21H,7-8,11-12H2. The Morgan fingerprint density at radius 3 is 2.48 bits per heavy atom. The van der Waals surface area contributed by atoms with Gasteiger partial charge in [0.15, 0.2) is 17.3 Å². The van der Waals surface area contributed by atoms with Gasteiger partial charge in [-0.25, -0.2) is 8.78 Å². The molecule has 0 fully saturated rings. The van der Waals surface area contributed by atoms with Crippen LogP contribution in [0.2, 0.25) is 0 Å². The van der Waals surface area contributed by atoms with Crippen LogP contribution in [0.1, 0.15) is 29.1 Å². The van der Waals surface area contributed by atoms with Gasteiger partial charge in [0.05, 0.1) is 6.54 Å². The smallest absolute Gasteiger partial charge is 0.295 e. The molecule has 0 bridgehead atoms. The first-order chi connectivity index (χ1) is 15.1. The number of rotatable bonds is 3. The zero-order valence-corrected chi connectivity index (χ0v) is 16.3. The molecule has 3 aromatic rings. The summed E-state index contributed by atoms with van der Waals surface area (Å²) in [6, 6.07) is 13.7. The number of nitrogens with zero attached hydrogens (tertiary/aromatic N) is 1. The normalized spacial score (nSPS) is 20.9. The highest BCUT2D eigenvalue weighted by Gasteiger charge is 2.57. The highest BCUT2D eigenvalue weighted by atomic mass is 19.3. The molecule has 1 amide bonds. The second kappa shape index (κ2) is 6.47. The van der Waals surface area contributed by atoms with E-state index in [0.717, 1.165) is 5.56 Å². The zero-order valence-electron chi connectivity index (χ0n) is 16.3. The van der Waals surface area contributed by atoms with Crippen LogP contribution in [0.3, 0.4) is 0 Å². The van der Waals surface area contributed by atoms with Crippen LogP contribution in [0, 0.1) is 0 Å². The van der Waals surface area contributed by atoms with Gasteiger partial charge in [-0.05, 0) is 29.8 Å². The van der Waals surface area contributed by atoms with E-state index in [1.807, 2.05) is 30.3 Å². The van der Waals surface area contributed by atoms with Gasteiger partial charge in [-0.2, -0.15) is 0 Å². The number of hydrogen-bond acceptors (Lipinski definition) is 5. The Morgan fingerprint density at radius 2 is 1.71 bits per heavy atom. The van der Waals surface area contributed by atoms with Crippen molar-refractivity contribution in [3.63, 3.8) is 0 Å². The van der Waals surface area contributed by atoms with Gasteiger partial charge in [-0.3, -0.25) is 4.79 Å². The predicted octanol–water partition coefficient (Wildman–Crippen LogP) is 4.21. The van der Waals surface area contributed by atoms with E-state index >= 15 is 0 Å². The topological polar surface area (TPSA) is 61.1 Å². The average molecular weight is 425 g/mol. The van der Waals surface area contributed by atoms with Gasteiger partial charge in [0.1, 0.15) is 36.7 Å². The van der Waals surface area contributed by atoms with E-state index in [4.69, 9.17) is 18.6 Å². The molecule has 6 rings (SSSR count). The Balaban J connectivity index is 1.45. The van der Waals surface area contributed by atoms with Crippen molar-refractivity contribution in [1.82, 2.24) is 0 Å². The summed E-state index contributed by atoms with van der Waals surface area (Å²) >= 11 is 0. The lowest BCUT2D eigenvalue weighted by atomic mass is 9.77. The third-order valence-corrected chi connectivity index (χ3v) is 6.02. The number of alkyl halides is 2. The van der Waals surface area contributed by atoms with E-state index in [1.165, 1.54) is 12.1 Å². The maximum atomic E-state index is 13.8. The van der Waals surface area contributed by atoms with E-state index in [2.05, 4.69) is 0 Å². The van der Waals surface area contributed by atoms with E-state index in [-0.39, 0.29) is 24.8 Å². The van der Waals surface area contributed by atoms with Gasteiger partial charge in [-0.1, -0.05) is 18.2 Å². The van der Waals surface area contributed by atoms with Gasteiger partial charge < -0.3 is 23.5 Å². The first-order valence-electron chi connectivity index (χ1n) is 9.93. The predicted molar refractivity (Wildman–Crippen MR) is 105 cm³/mol. The molecule has 1 aromatic heterocycles. The molecule has 1 atom stereocenters. The van der Waals surface area contributed by atoms with Crippen molar-refractivity contribution in [3.8, 4) is 17.2 Å². The van der Waals surface area contributed by atoms with E-state index in [9.17, 15) is 13.6 Å². The highest BCUT2D eigenvalue weighted by Crippen LogP contribution is 2.55. The number of furan rings is 1. The lowest BCUT2D eigenvalue weighted by molar-refractivity contribution is -0.122. The first-order valence-corrected chi connectivity index (χ1v) is 9.93. The fraction of sp³-hybridized carbons (Fsp3) is 0.261. The number of anilines is 1. The van der Waals surface area contributed by atoms with Gasteiger partial charge in [0.2, 0.25) is 5.91 Å². The number of carbonyl (C=O) groups excluding carboxylic acids is 1. The summed E-state index contributed by atoms with van der Waals surface area (Å²) in [5.41, 5.74) is 1.18. The quantitative estimate of drug-likeness (QED) is 0.629. The van der Waals surface area contributed by atoms with Crippen LogP contribution in [0.5, 0.6) is 17.2 Å². The molecular weight excluding hydrogens is 408 g/mol. The summed E-state index contributed by atoms with van der Waals surface area (Å²) in [7, 11) is 0. The second-order valence-corrected chi connectivity index (χ2v) is 7.70. The number of ether oxygens (including phenoxy) is 3. The molecule has 31 heavy (non-hydrogen) atoms. The molecule has 8 heteroatoms. The van der Waals surface area contributed by atoms with E-state index < -0.39 is 17.6 Å². The number of amides is 1. The van der Waals surface area contributed by atoms with Gasteiger partial charge in [-0.15, -0.1) is 0 Å². The molecular formula is C23H17F2NO5. The number of carbonyl (C=O) groups is 1. The zero-order chi connectivity index (χ0) is 21.2. The van der Waals surface area contributed by atoms with Crippen molar-refractivity contribution in [3.05, 3.63) is 71.2 Å². The Hall–Kier alpha value is -3.55. The molecule has 0 saturated carbocycles. The molecule has 4 heterocycles. The second-order valence-electron chi connectivity index (χ2n) is 7.70. The van der Waals surface area contributed by atoms with Crippen LogP contribution in [0.15, 0.2) is 52.9 Å². The molecule has 0 radical (unpaired) electrons. The lowest BCUT2D eigenvalue weighted by Crippen LogP contribution is -2.42. The fourth-order valence-electron chi connectivity index (χ4n) is 4.62. The van der Waals surface area contributed by atoms with Crippen molar-refractivity contribution in [2.45, 2.75) is 18.4 Å². The molecule has 0 aliphatic carbocycles. The lowest BCUT2D eigenvalue weighted by Gasteiger charge is -2.24. The van der Waals surface area contributed by atoms with E-state index in [1.54, 1.807) is 11.0 Å². The van der Waals surface area contributed by atoms with Crippen LogP contribution in [-0.2, 0) is 16.8 Å². The highest BCUT2D eigenvalue weighted by molar-refractivity contribution is 6.11. The SMILES string of the molecule is O=C1N(Cc2ccc(C(F)F)o2)c2ccccc2C12COc1cc3c(cc12)OCCO3. The minimum absolute atomic E-state index is 0.0458. The van der Waals surface area contributed by atoms with Crippen LogP contribution in [0.25, 0.3) is 0 Å². The first kappa shape index (κ1) is 18.2. The van der Waals surface area contributed by atoms with Crippen LogP contribution < -0.4 is 19.1 Å². The minimum Gasteiger partial charge on any atom is -0.491 e. The monoisotopic (exact) mass is 425 g/mol. The number of fused-ring (bicyclic) bond motifs is 5. The van der Waals surface area contributed by atoms with Crippen molar-refractivity contribution in [2.24, 2.45) is 0 Å². The Morgan fingerprint density at radius 1 is 0.935 bits per heavy atom. The molecule has 0 N–H and O–H groups in total. The summed E-state index contributed by atoms with van der Waals surface area (Å²) < 4.78 is 48.5. The third kappa shape index (κ3) is 2.50. The molecule has 2 aromatic carbocycles. The average Bonchev–Trinajstić information content (AvgIpc) is 3.46. The maximum absolute atomic E-state index is 13.8. The third-order valence-electron chi connectivity index (χ3n) is 6.02. The minimum atomic E-state index is -2.70. The van der Waals surface area contributed by atoms with Gasteiger partial charge in [0, 0.05) is 17.3 Å². The molecule has 0 saturated heterocycles. The van der Waals surface area contributed by atoms with Crippen LogP contribution in [0.4, 0.5) is 14.5 Å². The molecule has 1 spiro atoms. The van der Waals surface area contributed by atoms with Crippen molar-refractivity contribution in [1.29, 1.82) is 0 Å². The summed E-state index contributed by atoms with van der Waals surface area (Å²) in [5, 5.41) is 0. The van der Waals surface area contributed by atoms with Gasteiger partial charge >= 0.3 is 0 Å². The number of para-hydroxylation sites is 1. The van der Waals surface area contributed by atoms with Crippen molar-refractivity contribution in [2.75, 3.05) is 24.7 Å². The number of benzene rings is 2. The number of hydrogen-bond donors (Lipinski definition) is 0. The maximum Gasteiger partial charge on any atom is 0.295 e. The fourth-order valence-corrected chi connectivity index (χ4v) is 4.62. The Bertz CT molecular complexity index is 1210. The summed E-state index contributed by atoms with van der Waals surface area (Å²) in [6.45, 7) is 1.07. The summed E-state index contributed by atoms with van der Waals surface area (Å²) in [5.74, 6) is 1.42.